The molecule has 1 N–H and O–H groups in total. The molecule has 144 valence electrons. The maximum atomic E-state index is 12.5. The summed E-state index contributed by atoms with van der Waals surface area (Å²) in [7, 11) is 0. The second kappa shape index (κ2) is 7.86. The Balaban J connectivity index is 1.40. The summed E-state index contributed by atoms with van der Waals surface area (Å²) in [4.78, 5) is 19.2. The van der Waals surface area contributed by atoms with E-state index in [4.69, 9.17) is 4.74 Å². The third kappa shape index (κ3) is 4.07. The zero-order valence-electron chi connectivity index (χ0n) is 16.1. The van der Waals surface area contributed by atoms with E-state index in [1.807, 2.05) is 65.5 Å². The molecule has 6 heteroatoms. The summed E-state index contributed by atoms with van der Waals surface area (Å²) in [5.41, 5.74) is 2.30. The van der Waals surface area contributed by atoms with Gasteiger partial charge in [0.25, 0.3) is 5.91 Å². The van der Waals surface area contributed by atoms with Crippen molar-refractivity contribution in [1.82, 2.24) is 9.55 Å². The molecule has 0 spiro atoms. The Morgan fingerprint density at radius 3 is 2.32 bits per heavy atom. The molecule has 1 amide bonds. The first-order valence-electron chi connectivity index (χ1n) is 9.50. The standard InChI is InChI=1S/C22H24N4O2/c1-16-14-26(15-17(2)28-16)21-10-7-19(13-23-21)24-22(27)18-5-8-20(9-6-18)25-11-3-4-12-25/h3-13,16-17H,14-15H2,1-2H3,(H,24,27). The Hall–Kier alpha value is -3.12. The molecule has 0 bridgehead atoms. The predicted octanol–water partition coefficient (Wildman–Crippen LogP) is 3.74. The molecule has 28 heavy (non-hydrogen) atoms. The first-order chi connectivity index (χ1) is 13.6. The zero-order chi connectivity index (χ0) is 19.5. The summed E-state index contributed by atoms with van der Waals surface area (Å²) in [5.74, 6) is 0.748. The summed E-state index contributed by atoms with van der Waals surface area (Å²) < 4.78 is 7.76. The smallest absolute Gasteiger partial charge is 0.255 e. The zero-order valence-corrected chi connectivity index (χ0v) is 16.1. The second-order valence-corrected chi connectivity index (χ2v) is 7.16. The molecule has 0 radical (unpaired) electrons. The van der Waals surface area contributed by atoms with Crippen molar-refractivity contribution in [1.29, 1.82) is 0 Å². The van der Waals surface area contributed by atoms with Gasteiger partial charge in [0.1, 0.15) is 5.82 Å². The van der Waals surface area contributed by atoms with Crippen molar-refractivity contribution < 1.29 is 9.53 Å². The topological polar surface area (TPSA) is 59.4 Å². The predicted molar refractivity (Wildman–Crippen MR) is 110 cm³/mol. The molecule has 1 aliphatic rings. The molecule has 1 fully saturated rings. The van der Waals surface area contributed by atoms with Crippen LogP contribution in [0.4, 0.5) is 11.5 Å². The monoisotopic (exact) mass is 376 g/mol. The lowest BCUT2D eigenvalue weighted by Crippen LogP contribution is -2.45. The number of anilines is 2. The first-order valence-corrected chi connectivity index (χ1v) is 9.50. The van der Waals surface area contributed by atoms with Gasteiger partial charge < -0.3 is 19.5 Å². The third-order valence-corrected chi connectivity index (χ3v) is 4.78. The van der Waals surface area contributed by atoms with Crippen molar-refractivity contribution in [2.45, 2.75) is 26.1 Å². The first kappa shape index (κ1) is 18.3. The Morgan fingerprint density at radius 1 is 1.04 bits per heavy atom. The number of hydrogen-bond donors (Lipinski definition) is 1. The van der Waals surface area contributed by atoms with Crippen LogP contribution in [-0.2, 0) is 4.74 Å². The molecule has 1 saturated heterocycles. The van der Waals surface area contributed by atoms with E-state index in [0.29, 0.717) is 11.3 Å². The molecule has 0 saturated carbocycles. The van der Waals surface area contributed by atoms with E-state index in [9.17, 15) is 4.79 Å². The minimum Gasteiger partial charge on any atom is -0.372 e. The largest absolute Gasteiger partial charge is 0.372 e. The van der Waals surface area contributed by atoms with Crippen LogP contribution in [0.3, 0.4) is 0 Å². The van der Waals surface area contributed by atoms with E-state index in [1.54, 1.807) is 6.20 Å². The van der Waals surface area contributed by atoms with Gasteiger partial charge in [-0.25, -0.2) is 4.98 Å². The number of rotatable bonds is 4. The number of carbonyl (C=O) groups is 1. The Kier molecular flexibility index (Phi) is 5.12. The van der Waals surface area contributed by atoms with Gasteiger partial charge in [-0.05, 0) is 62.4 Å². The molecular weight excluding hydrogens is 352 g/mol. The van der Waals surface area contributed by atoms with Crippen molar-refractivity contribution in [3.63, 3.8) is 0 Å². The van der Waals surface area contributed by atoms with Gasteiger partial charge in [-0.3, -0.25) is 4.79 Å². The van der Waals surface area contributed by atoms with Crippen LogP contribution in [0.2, 0.25) is 0 Å². The number of carbonyl (C=O) groups excluding carboxylic acids is 1. The Labute approximate surface area is 164 Å². The molecular formula is C22H24N4O2. The van der Waals surface area contributed by atoms with Crippen molar-refractivity contribution in [2.75, 3.05) is 23.3 Å². The second-order valence-electron chi connectivity index (χ2n) is 7.16. The number of nitrogens with one attached hydrogen (secondary N) is 1. The quantitative estimate of drug-likeness (QED) is 0.754. The molecule has 2 unspecified atom stereocenters. The molecule has 4 rings (SSSR count). The van der Waals surface area contributed by atoms with Gasteiger partial charge >= 0.3 is 0 Å². The number of aromatic nitrogens is 2. The number of hydrogen-bond acceptors (Lipinski definition) is 4. The molecule has 2 aromatic heterocycles. The van der Waals surface area contributed by atoms with Crippen LogP contribution >= 0.6 is 0 Å². The van der Waals surface area contributed by atoms with Gasteiger partial charge in [0, 0.05) is 36.7 Å². The molecule has 0 aliphatic carbocycles. The number of morpholine rings is 1. The summed E-state index contributed by atoms with van der Waals surface area (Å²) in [6, 6.07) is 15.3. The minimum atomic E-state index is -0.151. The lowest BCUT2D eigenvalue weighted by atomic mass is 10.2. The van der Waals surface area contributed by atoms with E-state index < -0.39 is 0 Å². The third-order valence-electron chi connectivity index (χ3n) is 4.78. The Morgan fingerprint density at radius 2 is 1.71 bits per heavy atom. The van der Waals surface area contributed by atoms with Gasteiger partial charge in [-0.1, -0.05) is 0 Å². The van der Waals surface area contributed by atoms with Gasteiger partial charge in [-0.2, -0.15) is 0 Å². The summed E-state index contributed by atoms with van der Waals surface area (Å²) >= 11 is 0. The highest BCUT2D eigenvalue weighted by atomic mass is 16.5. The highest BCUT2D eigenvalue weighted by Crippen LogP contribution is 2.20. The van der Waals surface area contributed by atoms with Gasteiger partial charge in [-0.15, -0.1) is 0 Å². The maximum absolute atomic E-state index is 12.5. The molecule has 6 nitrogen and oxygen atoms in total. The number of benzene rings is 1. The lowest BCUT2D eigenvalue weighted by molar-refractivity contribution is -0.00545. The fourth-order valence-corrected chi connectivity index (χ4v) is 3.51. The van der Waals surface area contributed by atoms with Crippen LogP contribution in [0.15, 0.2) is 67.1 Å². The number of amides is 1. The van der Waals surface area contributed by atoms with Crippen LogP contribution in [0.5, 0.6) is 0 Å². The van der Waals surface area contributed by atoms with Crippen LogP contribution in [-0.4, -0.2) is 40.8 Å². The van der Waals surface area contributed by atoms with E-state index in [-0.39, 0.29) is 18.1 Å². The highest BCUT2D eigenvalue weighted by molar-refractivity contribution is 6.04. The minimum absolute atomic E-state index is 0.151. The fraction of sp³-hybridized carbons (Fsp3) is 0.273. The van der Waals surface area contributed by atoms with Crippen LogP contribution < -0.4 is 10.2 Å². The van der Waals surface area contributed by atoms with Gasteiger partial charge in [0.2, 0.25) is 0 Å². The van der Waals surface area contributed by atoms with Crippen molar-refractivity contribution in [3.8, 4) is 5.69 Å². The normalized spacial score (nSPS) is 19.4. The molecule has 3 heterocycles. The van der Waals surface area contributed by atoms with Gasteiger partial charge in [0.05, 0.1) is 24.1 Å². The van der Waals surface area contributed by atoms with E-state index in [2.05, 4.69) is 29.0 Å². The Bertz CT molecular complexity index is 910. The maximum Gasteiger partial charge on any atom is 0.255 e. The number of ether oxygens (including phenoxy) is 1. The van der Waals surface area contributed by atoms with Crippen molar-refractivity contribution in [3.05, 3.63) is 72.7 Å². The lowest BCUT2D eigenvalue weighted by Gasteiger charge is -2.36. The summed E-state index contributed by atoms with van der Waals surface area (Å²) in [6.45, 7) is 5.77. The van der Waals surface area contributed by atoms with Crippen LogP contribution in [0.1, 0.15) is 24.2 Å². The van der Waals surface area contributed by atoms with Crippen LogP contribution in [0.25, 0.3) is 5.69 Å². The number of pyridine rings is 1. The molecule has 1 aliphatic heterocycles. The summed E-state index contributed by atoms with van der Waals surface area (Å²) in [5, 5.41) is 2.91. The number of nitrogens with zero attached hydrogens (tertiary/aromatic N) is 3. The molecule has 1 aromatic carbocycles. The highest BCUT2D eigenvalue weighted by Gasteiger charge is 2.23. The molecule has 2 atom stereocenters. The van der Waals surface area contributed by atoms with Gasteiger partial charge in [0.15, 0.2) is 0 Å². The van der Waals surface area contributed by atoms with E-state index in [1.165, 1.54) is 0 Å². The molecule has 3 aromatic rings. The van der Waals surface area contributed by atoms with Crippen molar-refractivity contribution in [2.24, 2.45) is 0 Å². The van der Waals surface area contributed by atoms with E-state index >= 15 is 0 Å². The average molecular weight is 376 g/mol. The summed E-state index contributed by atoms with van der Waals surface area (Å²) in [6.07, 6.45) is 6.00. The SMILES string of the molecule is CC1CN(c2ccc(NC(=O)c3ccc(-n4cccc4)cc3)cn2)CC(C)O1. The average Bonchev–Trinajstić information content (AvgIpc) is 3.23. The fourth-order valence-electron chi connectivity index (χ4n) is 3.51. The van der Waals surface area contributed by atoms with E-state index in [0.717, 1.165) is 24.6 Å². The van der Waals surface area contributed by atoms with Crippen LogP contribution in [0, 0.1) is 0 Å². The van der Waals surface area contributed by atoms with Crippen molar-refractivity contribution >= 4 is 17.4 Å².